The molecule has 33 heavy (non-hydrogen) atoms. The molecule has 0 bridgehead atoms. The van der Waals surface area contributed by atoms with Crippen LogP contribution in [0.1, 0.15) is 49.3 Å². The fourth-order valence-corrected chi connectivity index (χ4v) is 5.04. The van der Waals surface area contributed by atoms with E-state index in [4.69, 9.17) is 4.74 Å². The zero-order valence-electron chi connectivity index (χ0n) is 18.8. The summed E-state index contributed by atoms with van der Waals surface area (Å²) in [6.45, 7) is 2.77. The minimum atomic E-state index is -0.183. The molecule has 2 aromatic carbocycles. The lowest BCUT2D eigenvalue weighted by Gasteiger charge is -2.27. The first-order valence-corrected chi connectivity index (χ1v) is 11.7. The Kier molecular flexibility index (Phi) is 5.60. The molecule has 1 aliphatic heterocycles. The molecule has 1 aliphatic carbocycles. The molecule has 0 radical (unpaired) electrons. The van der Waals surface area contributed by atoms with Gasteiger partial charge in [0.1, 0.15) is 5.75 Å². The molecule has 5 rings (SSSR count). The zero-order chi connectivity index (χ0) is 22.8. The number of amides is 1. The molecule has 1 amide bonds. The average Bonchev–Trinajstić information content (AvgIpc) is 3.58. The first-order chi connectivity index (χ1) is 16.1. The van der Waals surface area contributed by atoms with Gasteiger partial charge >= 0.3 is 0 Å². The van der Waals surface area contributed by atoms with Crippen LogP contribution in [-0.2, 0) is 16.6 Å². The fourth-order valence-electron chi connectivity index (χ4n) is 5.04. The number of fused-ring (bicyclic) bond motifs is 2. The summed E-state index contributed by atoms with van der Waals surface area (Å²) in [7, 11) is 0. The predicted octanol–water partition coefficient (Wildman–Crippen LogP) is 5.64. The summed E-state index contributed by atoms with van der Waals surface area (Å²) >= 11 is 0. The summed E-state index contributed by atoms with van der Waals surface area (Å²) in [4.78, 5) is 17.5. The fraction of sp³-hybridized carbons (Fsp3) is 0.321. The Morgan fingerprint density at radius 3 is 2.82 bits per heavy atom. The molecule has 166 valence electrons. The first-order valence-electron chi connectivity index (χ1n) is 11.7. The summed E-state index contributed by atoms with van der Waals surface area (Å²) in [6.07, 6.45) is 8.25. The van der Waals surface area contributed by atoms with E-state index in [1.165, 1.54) is 0 Å². The molecular weight excluding hydrogens is 410 g/mol. The van der Waals surface area contributed by atoms with E-state index in [2.05, 4.69) is 35.4 Å². The minimum absolute atomic E-state index is 0.0324. The number of hydrogen-bond donors (Lipinski definition) is 1. The number of unbranched alkanes of at least 4 members (excludes halogenated alkanes) is 1. The Hall–Kier alpha value is -3.65. The van der Waals surface area contributed by atoms with Gasteiger partial charge in [-0.25, -0.2) is 0 Å². The molecule has 2 heterocycles. The van der Waals surface area contributed by atoms with Gasteiger partial charge in [-0.2, -0.15) is 5.26 Å². The number of aryl methyl sites for hydroxylation is 1. The van der Waals surface area contributed by atoms with Gasteiger partial charge in [0, 0.05) is 35.0 Å². The van der Waals surface area contributed by atoms with Crippen LogP contribution in [-0.4, -0.2) is 17.5 Å². The highest BCUT2D eigenvalue weighted by molar-refractivity contribution is 5.97. The number of anilines is 1. The van der Waals surface area contributed by atoms with E-state index in [-0.39, 0.29) is 17.2 Å². The van der Waals surface area contributed by atoms with E-state index in [9.17, 15) is 10.1 Å². The molecule has 5 heteroatoms. The lowest BCUT2D eigenvalue weighted by atomic mass is 9.85. The third-order valence-electron chi connectivity index (χ3n) is 7.02. The monoisotopic (exact) mass is 437 g/mol. The Morgan fingerprint density at radius 1 is 1.18 bits per heavy atom. The van der Waals surface area contributed by atoms with Gasteiger partial charge in [0.05, 0.1) is 18.2 Å². The van der Waals surface area contributed by atoms with Crippen LogP contribution in [0.15, 0.2) is 60.9 Å². The summed E-state index contributed by atoms with van der Waals surface area (Å²) in [5.41, 5.74) is 5.57. The number of nitrogens with zero attached hydrogens (tertiary/aromatic N) is 2. The van der Waals surface area contributed by atoms with Gasteiger partial charge in [-0.05, 0) is 78.8 Å². The van der Waals surface area contributed by atoms with E-state index in [1.807, 2.05) is 30.3 Å². The van der Waals surface area contributed by atoms with E-state index in [1.54, 1.807) is 18.5 Å². The van der Waals surface area contributed by atoms with Crippen molar-refractivity contribution in [1.82, 2.24) is 4.98 Å². The molecule has 1 aromatic heterocycles. The second-order valence-electron chi connectivity index (χ2n) is 9.03. The second-order valence-corrected chi connectivity index (χ2v) is 9.03. The average molecular weight is 438 g/mol. The second kappa shape index (κ2) is 8.71. The molecule has 0 unspecified atom stereocenters. The maximum atomic E-state index is 13.4. The number of rotatable bonds is 6. The number of nitriles is 1. The van der Waals surface area contributed by atoms with Crippen molar-refractivity contribution >= 4 is 11.6 Å². The molecule has 0 saturated heterocycles. The van der Waals surface area contributed by atoms with Crippen molar-refractivity contribution in [2.24, 2.45) is 5.92 Å². The van der Waals surface area contributed by atoms with Gasteiger partial charge < -0.3 is 10.1 Å². The van der Waals surface area contributed by atoms with Crippen LogP contribution in [0.5, 0.6) is 5.75 Å². The van der Waals surface area contributed by atoms with Crippen molar-refractivity contribution in [2.45, 2.75) is 44.4 Å². The minimum Gasteiger partial charge on any atom is -0.493 e. The van der Waals surface area contributed by atoms with Gasteiger partial charge in [0.2, 0.25) is 5.91 Å². The van der Waals surface area contributed by atoms with Gasteiger partial charge in [0.15, 0.2) is 0 Å². The van der Waals surface area contributed by atoms with Crippen molar-refractivity contribution in [1.29, 1.82) is 5.26 Å². The quantitative estimate of drug-likeness (QED) is 0.541. The highest BCUT2D eigenvalue weighted by Gasteiger charge is 2.61. The molecule has 1 N–H and O–H groups in total. The molecule has 2 aliphatic rings. The largest absolute Gasteiger partial charge is 0.493 e. The Balaban J connectivity index is 1.42. The Bertz CT molecular complexity index is 1230. The number of aromatic nitrogens is 1. The zero-order valence-corrected chi connectivity index (χ0v) is 18.8. The summed E-state index contributed by atoms with van der Waals surface area (Å²) in [5, 5.41) is 12.5. The molecule has 5 nitrogen and oxygen atoms in total. The van der Waals surface area contributed by atoms with Gasteiger partial charge in [-0.3, -0.25) is 9.78 Å². The third kappa shape index (κ3) is 3.98. The molecule has 1 saturated carbocycles. The number of carbonyl (C=O) groups is 1. The molecule has 2 atom stereocenters. The van der Waals surface area contributed by atoms with E-state index in [0.29, 0.717) is 12.2 Å². The predicted molar refractivity (Wildman–Crippen MR) is 128 cm³/mol. The topological polar surface area (TPSA) is 75.0 Å². The standard InChI is InChI=1S/C28H27N3O2/c1-2-3-4-21-6-5-19(18-29)15-25(21)31-27(32)24-17-28(24)11-14-33-26-8-7-22(16-23(26)28)20-9-12-30-13-10-20/h5-10,12-13,15-16,24H,2-4,11,14,17H2,1H3,(H,31,32)/t24-,28-/m0/s1. The smallest absolute Gasteiger partial charge is 0.228 e. The lowest BCUT2D eigenvalue weighted by Crippen LogP contribution is -2.27. The van der Waals surface area contributed by atoms with Crippen LogP contribution in [0.25, 0.3) is 11.1 Å². The van der Waals surface area contributed by atoms with Crippen LogP contribution in [0.3, 0.4) is 0 Å². The molecule has 1 spiro atoms. The molecular formula is C28H27N3O2. The number of hydrogen-bond acceptors (Lipinski definition) is 4. The van der Waals surface area contributed by atoms with E-state index >= 15 is 0 Å². The van der Waals surface area contributed by atoms with E-state index < -0.39 is 0 Å². The maximum absolute atomic E-state index is 13.4. The van der Waals surface area contributed by atoms with Crippen molar-refractivity contribution in [3.63, 3.8) is 0 Å². The normalized spacial score (nSPS) is 20.4. The first kappa shape index (κ1) is 21.2. The molecule has 1 fully saturated rings. The highest BCUT2D eigenvalue weighted by Crippen LogP contribution is 2.61. The summed E-state index contributed by atoms with van der Waals surface area (Å²) in [5.74, 6) is 0.812. The maximum Gasteiger partial charge on any atom is 0.228 e. The van der Waals surface area contributed by atoms with Crippen molar-refractivity contribution in [2.75, 3.05) is 11.9 Å². The van der Waals surface area contributed by atoms with Crippen LogP contribution >= 0.6 is 0 Å². The van der Waals surface area contributed by atoms with Crippen LogP contribution in [0, 0.1) is 17.2 Å². The van der Waals surface area contributed by atoms with Crippen molar-refractivity contribution in [3.8, 4) is 22.9 Å². The van der Waals surface area contributed by atoms with Gasteiger partial charge in [0.25, 0.3) is 0 Å². The van der Waals surface area contributed by atoms with E-state index in [0.717, 1.165) is 65.8 Å². The third-order valence-corrected chi connectivity index (χ3v) is 7.02. The summed E-state index contributed by atoms with van der Waals surface area (Å²) < 4.78 is 5.95. The number of ether oxygens (including phenoxy) is 1. The van der Waals surface area contributed by atoms with Crippen LogP contribution in [0.2, 0.25) is 0 Å². The lowest BCUT2D eigenvalue weighted by molar-refractivity contribution is -0.117. The Labute approximate surface area is 194 Å². The van der Waals surface area contributed by atoms with Crippen molar-refractivity contribution < 1.29 is 9.53 Å². The van der Waals surface area contributed by atoms with Crippen LogP contribution < -0.4 is 10.1 Å². The van der Waals surface area contributed by atoms with Gasteiger partial charge in [-0.1, -0.05) is 25.5 Å². The van der Waals surface area contributed by atoms with Crippen LogP contribution in [0.4, 0.5) is 5.69 Å². The van der Waals surface area contributed by atoms with Crippen molar-refractivity contribution in [3.05, 3.63) is 77.6 Å². The summed E-state index contributed by atoms with van der Waals surface area (Å²) in [6, 6.07) is 18.1. The SMILES string of the molecule is CCCCc1ccc(C#N)cc1NC(=O)[C@@H]1C[C@]12CCOc1ccc(-c3ccncc3)cc12. The molecule has 3 aromatic rings. The number of nitrogens with one attached hydrogen (secondary N) is 1. The number of carbonyl (C=O) groups excluding carboxylic acids is 1. The number of benzene rings is 2. The number of pyridine rings is 1. The Morgan fingerprint density at radius 2 is 2.03 bits per heavy atom. The van der Waals surface area contributed by atoms with Gasteiger partial charge in [-0.15, -0.1) is 0 Å². The highest BCUT2D eigenvalue weighted by atomic mass is 16.5.